The van der Waals surface area contributed by atoms with Gasteiger partial charge in [0.25, 0.3) is 5.91 Å². The van der Waals surface area contributed by atoms with Crippen molar-refractivity contribution in [1.82, 2.24) is 5.32 Å². The molecule has 0 saturated heterocycles. The number of allylic oxidation sites excluding steroid dienone is 3. The molecule has 3 rings (SSSR count). The summed E-state index contributed by atoms with van der Waals surface area (Å²) >= 11 is 0. The van der Waals surface area contributed by atoms with Crippen molar-refractivity contribution in [3.05, 3.63) is 77.5 Å². The number of carbonyl (C=O) groups is 1. The van der Waals surface area contributed by atoms with Crippen molar-refractivity contribution in [2.24, 2.45) is 0 Å². The van der Waals surface area contributed by atoms with Crippen molar-refractivity contribution < 1.29 is 14.3 Å². The third kappa shape index (κ3) is 3.62. The molecule has 1 amide bonds. The first-order valence-corrected chi connectivity index (χ1v) is 7.31. The Hall–Kier alpha value is -3.52. The first-order chi connectivity index (χ1) is 11.8. The molecule has 0 atom stereocenters. The summed E-state index contributed by atoms with van der Waals surface area (Å²) in [6.45, 7) is 0.229. The molecule has 118 valence electrons. The topological polar surface area (TPSA) is 71.3 Å². The van der Waals surface area contributed by atoms with Crippen LogP contribution in [-0.2, 0) is 0 Å². The lowest BCUT2D eigenvalue weighted by Crippen LogP contribution is -2.21. The van der Waals surface area contributed by atoms with E-state index in [9.17, 15) is 4.79 Å². The third-order valence-corrected chi connectivity index (χ3v) is 3.35. The van der Waals surface area contributed by atoms with E-state index in [1.165, 1.54) is 0 Å². The number of nitrogens with zero attached hydrogens (tertiary/aromatic N) is 1. The van der Waals surface area contributed by atoms with E-state index >= 15 is 0 Å². The van der Waals surface area contributed by atoms with Crippen molar-refractivity contribution in [2.75, 3.05) is 6.79 Å². The molecule has 5 nitrogen and oxygen atoms in total. The van der Waals surface area contributed by atoms with Gasteiger partial charge in [-0.25, -0.2) is 0 Å². The Balaban J connectivity index is 1.67. The maximum atomic E-state index is 12.0. The van der Waals surface area contributed by atoms with Gasteiger partial charge in [-0.05, 0) is 35.9 Å². The van der Waals surface area contributed by atoms with Crippen molar-refractivity contribution in [1.29, 1.82) is 5.26 Å². The number of amides is 1. The monoisotopic (exact) mass is 318 g/mol. The fourth-order valence-electron chi connectivity index (χ4n) is 2.16. The first-order valence-electron chi connectivity index (χ1n) is 7.31. The fraction of sp³-hybridized carbons (Fsp3) is 0.0526. The molecule has 0 radical (unpaired) electrons. The van der Waals surface area contributed by atoms with Crippen LogP contribution in [0.25, 0.3) is 6.08 Å². The number of hydrogen-bond donors (Lipinski definition) is 1. The molecule has 1 aliphatic rings. The van der Waals surface area contributed by atoms with Gasteiger partial charge in [0.2, 0.25) is 6.79 Å². The molecular weight excluding hydrogens is 304 g/mol. The summed E-state index contributed by atoms with van der Waals surface area (Å²) < 4.78 is 10.6. The summed E-state index contributed by atoms with van der Waals surface area (Å²) in [6.07, 6.45) is 5.06. The van der Waals surface area contributed by atoms with Crippen LogP contribution in [-0.4, -0.2) is 12.7 Å². The second kappa shape index (κ2) is 7.16. The molecule has 1 heterocycles. The number of hydrogen-bond acceptors (Lipinski definition) is 4. The van der Waals surface area contributed by atoms with Gasteiger partial charge in [0.05, 0.1) is 0 Å². The van der Waals surface area contributed by atoms with Crippen LogP contribution in [0.2, 0.25) is 0 Å². The number of benzene rings is 2. The highest BCUT2D eigenvalue weighted by Gasteiger charge is 2.12. The lowest BCUT2D eigenvalue weighted by molar-refractivity contribution is 0.0967. The Morgan fingerprint density at radius 2 is 1.92 bits per heavy atom. The van der Waals surface area contributed by atoms with Crippen LogP contribution in [0.5, 0.6) is 11.5 Å². The van der Waals surface area contributed by atoms with Crippen LogP contribution in [0.4, 0.5) is 0 Å². The third-order valence-electron chi connectivity index (χ3n) is 3.35. The summed E-state index contributed by atoms with van der Waals surface area (Å²) in [5.41, 5.74) is 1.57. The second-order valence-electron chi connectivity index (χ2n) is 4.98. The van der Waals surface area contributed by atoms with Crippen LogP contribution in [0.15, 0.2) is 66.4 Å². The number of carbonyl (C=O) groups excluding carboxylic acids is 1. The minimum atomic E-state index is -0.320. The number of fused-ring (bicyclic) bond motifs is 1. The van der Waals surface area contributed by atoms with Crippen molar-refractivity contribution in [2.45, 2.75) is 0 Å². The molecule has 0 unspecified atom stereocenters. The molecule has 0 saturated carbocycles. The number of rotatable bonds is 4. The lowest BCUT2D eigenvalue weighted by atomic mass is 10.2. The standard InChI is InChI=1S/C19H14N2O3/c20-12-16(21-19(22)15-6-2-1-3-7-15)8-4-5-14-9-10-17-18(11-14)24-13-23-17/h1-11H,13H2,(H,21,22)/b5-4+,16-8+. The van der Waals surface area contributed by atoms with Crippen LogP contribution in [0.3, 0.4) is 0 Å². The minimum absolute atomic E-state index is 0.167. The van der Waals surface area contributed by atoms with Crippen molar-refractivity contribution in [3.63, 3.8) is 0 Å². The van der Waals surface area contributed by atoms with E-state index in [0.717, 1.165) is 11.3 Å². The van der Waals surface area contributed by atoms with Gasteiger partial charge in [-0.3, -0.25) is 4.79 Å². The highest BCUT2D eigenvalue weighted by molar-refractivity contribution is 5.95. The maximum Gasteiger partial charge on any atom is 0.256 e. The predicted octanol–water partition coefficient (Wildman–Crippen LogP) is 3.27. The number of nitriles is 1. The molecule has 1 aliphatic heterocycles. The zero-order chi connectivity index (χ0) is 16.8. The van der Waals surface area contributed by atoms with Gasteiger partial charge in [-0.15, -0.1) is 0 Å². The summed E-state index contributed by atoms with van der Waals surface area (Å²) in [5.74, 6) is 1.09. The van der Waals surface area contributed by atoms with Crippen LogP contribution in [0.1, 0.15) is 15.9 Å². The number of nitrogens with one attached hydrogen (secondary N) is 1. The lowest BCUT2D eigenvalue weighted by Gasteiger charge is -2.02. The molecule has 5 heteroatoms. The molecule has 1 N–H and O–H groups in total. The molecule has 0 spiro atoms. The first kappa shape index (κ1) is 15.4. The Labute approximate surface area is 139 Å². The molecule has 0 fully saturated rings. The van der Waals surface area contributed by atoms with Crippen LogP contribution >= 0.6 is 0 Å². The van der Waals surface area contributed by atoms with Gasteiger partial charge in [0.15, 0.2) is 11.5 Å². The van der Waals surface area contributed by atoms with Gasteiger partial charge in [-0.2, -0.15) is 5.26 Å². The highest BCUT2D eigenvalue weighted by atomic mass is 16.7. The van der Waals surface area contributed by atoms with Crippen molar-refractivity contribution >= 4 is 12.0 Å². The smallest absolute Gasteiger partial charge is 0.256 e. The quantitative estimate of drug-likeness (QED) is 0.694. The fourth-order valence-corrected chi connectivity index (χ4v) is 2.16. The van der Waals surface area contributed by atoms with Gasteiger partial charge in [-0.1, -0.05) is 36.4 Å². The Kier molecular flexibility index (Phi) is 4.59. The van der Waals surface area contributed by atoms with Crippen LogP contribution < -0.4 is 14.8 Å². The maximum absolute atomic E-state index is 12.0. The molecule has 0 aromatic heterocycles. The van der Waals surface area contributed by atoms with Crippen LogP contribution in [0, 0.1) is 11.3 Å². The largest absolute Gasteiger partial charge is 0.454 e. The summed E-state index contributed by atoms with van der Waals surface area (Å²) in [6, 6.07) is 16.3. The SMILES string of the molecule is N#C/C(=C\C=C\c1ccc2c(c1)OCO2)NC(=O)c1ccccc1. The van der Waals surface area contributed by atoms with Crippen molar-refractivity contribution in [3.8, 4) is 17.6 Å². The Morgan fingerprint density at radius 3 is 2.71 bits per heavy atom. The molecular formula is C19H14N2O3. The zero-order valence-electron chi connectivity index (χ0n) is 12.7. The second-order valence-corrected chi connectivity index (χ2v) is 4.98. The van der Waals surface area contributed by atoms with Gasteiger partial charge >= 0.3 is 0 Å². The zero-order valence-corrected chi connectivity index (χ0v) is 12.7. The summed E-state index contributed by atoms with van der Waals surface area (Å²) in [4.78, 5) is 12.0. The van der Waals surface area contributed by atoms with E-state index < -0.39 is 0 Å². The van der Waals surface area contributed by atoms with E-state index in [1.54, 1.807) is 36.4 Å². The molecule has 2 aromatic rings. The predicted molar refractivity (Wildman–Crippen MR) is 89.2 cm³/mol. The number of ether oxygens (including phenoxy) is 2. The van der Waals surface area contributed by atoms with E-state index in [0.29, 0.717) is 11.3 Å². The van der Waals surface area contributed by atoms with E-state index in [-0.39, 0.29) is 18.4 Å². The Morgan fingerprint density at radius 1 is 1.12 bits per heavy atom. The van der Waals surface area contributed by atoms with E-state index in [1.807, 2.05) is 36.4 Å². The van der Waals surface area contributed by atoms with Gasteiger partial charge < -0.3 is 14.8 Å². The normalized spacial score (nSPS) is 12.9. The van der Waals surface area contributed by atoms with E-state index in [2.05, 4.69) is 5.32 Å². The molecule has 2 aromatic carbocycles. The van der Waals surface area contributed by atoms with Gasteiger partial charge in [0.1, 0.15) is 11.8 Å². The average Bonchev–Trinajstić information content (AvgIpc) is 3.09. The molecule has 0 aliphatic carbocycles. The summed E-state index contributed by atoms with van der Waals surface area (Å²) in [7, 11) is 0. The highest BCUT2D eigenvalue weighted by Crippen LogP contribution is 2.32. The summed E-state index contributed by atoms with van der Waals surface area (Å²) in [5, 5.41) is 11.7. The molecule has 0 bridgehead atoms. The average molecular weight is 318 g/mol. The molecule has 24 heavy (non-hydrogen) atoms. The minimum Gasteiger partial charge on any atom is -0.454 e. The Bertz CT molecular complexity index is 849. The van der Waals surface area contributed by atoms with E-state index in [4.69, 9.17) is 14.7 Å². The van der Waals surface area contributed by atoms with Gasteiger partial charge in [0, 0.05) is 5.56 Å².